The summed E-state index contributed by atoms with van der Waals surface area (Å²) in [6.45, 7) is 0. The zero-order valence-electron chi connectivity index (χ0n) is 10.3. The maximum Gasteiger partial charge on any atom is 0.311 e. The van der Waals surface area contributed by atoms with Gasteiger partial charge in [0, 0.05) is 23.2 Å². The molecule has 96 valence electrons. The van der Waals surface area contributed by atoms with Gasteiger partial charge in [0.25, 0.3) is 0 Å². The van der Waals surface area contributed by atoms with Gasteiger partial charge in [-0.15, -0.1) is 0 Å². The predicted molar refractivity (Wildman–Crippen MR) is 74.1 cm³/mol. The normalized spacial score (nSPS) is 29.9. The van der Waals surface area contributed by atoms with Crippen molar-refractivity contribution < 1.29 is 9.90 Å². The first kappa shape index (κ1) is 12.0. The summed E-state index contributed by atoms with van der Waals surface area (Å²) in [6, 6.07) is 6.38. The minimum absolute atomic E-state index is 0.259. The Morgan fingerprint density at radius 3 is 2.94 bits per heavy atom. The molecule has 2 aliphatic rings. The molecule has 0 amide bonds. The van der Waals surface area contributed by atoms with Crippen molar-refractivity contribution in [2.24, 2.45) is 5.92 Å². The van der Waals surface area contributed by atoms with Gasteiger partial charge in [-0.3, -0.25) is 4.79 Å². The standard InChI is InChI=1S/C14H16BrNO2/c1-16-11-4-2-3-9(11)13(14(17)18)10-7-8(15)5-6-12(10)16/h5-7,9,11,13H,2-4H2,1H3,(H,17,18). The van der Waals surface area contributed by atoms with Crippen molar-refractivity contribution in [2.45, 2.75) is 31.2 Å². The van der Waals surface area contributed by atoms with Gasteiger partial charge >= 0.3 is 5.97 Å². The summed E-state index contributed by atoms with van der Waals surface area (Å²) in [4.78, 5) is 13.9. The number of anilines is 1. The highest BCUT2D eigenvalue weighted by Gasteiger charge is 2.45. The fourth-order valence-corrected chi connectivity index (χ4v) is 4.04. The summed E-state index contributed by atoms with van der Waals surface area (Å²) in [5, 5.41) is 9.58. The number of carbonyl (C=O) groups is 1. The Hall–Kier alpha value is -1.03. The minimum atomic E-state index is -0.681. The highest BCUT2D eigenvalue weighted by Crippen LogP contribution is 2.48. The summed E-state index contributed by atoms with van der Waals surface area (Å²) in [7, 11) is 2.09. The molecule has 1 fully saturated rings. The van der Waals surface area contributed by atoms with Crippen LogP contribution in [0.25, 0.3) is 0 Å². The largest absolute Gasteiger partial charge is 0.481 e. The third-order valence-corrected chi connectivity index (χ3v) is 4.92. The van der Waals surface area contributed by atoms with Crippen LogP contribution in [0, 0.1) is 5.92 Å². The molecular formula is C14H16BrNO2. The molecule has 1 N–H and O–H groups in total. The molecule has 1 aliphatic carbocycles. The van der Waals surface area contributed by atoms with Crippen LogP contribution in [0.1, 0.15) is 30.7 Å². The molecule has 3 unspecified atom stereocenters. The molecule has 3 atom stereocenters. The van der Waals surface area contributed by atoms with E-state index in [0.29, 0.717) is 6.04 Å². The second-order valence-electron chi connectivity index (χ2n) is 5.29. The predicted octanol–water partition coefficient (Wildman–Crippen LogP) is 3.24. The van der Waals surface area contributed by atoms with Gasteiger partial charge in [0.1, 0.15) is 0 Å². The molecule has 1 saturated carbocycles. The number of nitrogens with zero attached hydrogens (tertiary/aromatic N) is 1. The maximum atomic E-state index is 11.6. The zero-order valence-corrected chi connectivity index (χ0v) is 11.9. The van der Waals surface area contributed by atoms with Gasteiger partial charge < -0.3 is 10.0 Å². The molecule has 1 aromatic carbocycles. The van der Waals surface area contributed by atoms with Crippen LogP contribution in [-0.2, 0) is 4.79 Å². The highest BCUT2D eigenvalue weighted by molar-refractivity contribution is 9.10. The van der Waals surface area contributed by atoms with E-state index in [2.05, 4.69) is 27.9 Å². The van der Waals surface area contributed by atoms with E-state index in [1.54, 1.807) is 0 Å². The van der Waals surface area contributed by atoms with E-state index in [0.717, 1.165) is 35.0 Å². The summed E-state index contributed by atoms with van der Waals surface area (Å²) >= 11 is 3.45. The Kier molecular flexibility index (Phi) is 2.85. The monoisotopic (exact) mass is 309 g/mol. The molecule has 3 nitrogen and oxygen atoms in total. The van der Waals surface area contributed by atoms with Gasteiger partial charge in [0.05, 0.1) is 5.92 Å². The zero-order chi connectivity index (χ0) is 12.9. The van der Waals surface area contributed by atoms with Gasteiger partial charge in [-0.05, 0) is 42.5 Å². The van der Waals surface area contributed by atoms with E-state index >= 15 is 0 Å². The lowest BCUT2D eigenvalue weighted by atomic mass is 9.78. The maximum absolute atomic E-state index is 11.6. The van der Waals surface area contributed by atoms with Crippen LogP contribution in [0.3, 0.4) is 0 Å². The lowest BCUT2D eigenvalue weighted by Crippen LogP contribution is -2.44. The molecule has 1 heterocycles. The van der Waals surface area contributed by atoms with Gasteiger partial charge in [0.2, 0.25) is 0 Å². The molecule has 4 heteroatoms. The number of benzene rings is 1. The summed E-state index contributed by atoms with van der Waals surface area (Å²) < 4.78 is 0.956. The van der Waals surface area contributed by atoms with E-state index in [9.17, 15) is 9.90 Å². The molecule has 0 radical (unpaired) electrons. The number of halogens is 1. The first-order chi connectivity index (χ1) is 8.59. The minimum Gasteiger partial charge on any atom is -0.481 e. The third-order valence-electron chi connectivity index (χ3n) is 4.43. The Bertz CT molecular complexity index is 503. The number of hydrogen-bond donors (Lipinski definition) is 1. The number of rotatable bonds is 1. The average molecular weight is 310 g/mol. The number of carboxylic acid groups (broad SMARTS) is 1. The van der Waals surface area contributed by atoms with Crippen molar-refractivity contribution >= 4 is 27.6 Å². The van der Waals surface area contributed by atoms with Crippen molar-refractivity contribution in [3.05, 3.63) is 28.2 Å². The fraction of sp³-hybridized carbons (Fsp3) is 0.500. The first-order valence-corrected chi connectivity index (χ1v) is 7.14. The van der Waals surface area contributed by atoms with Crippen molar-refractivity contribution in [3.63, 3.8) is 0 Å². The SMILES string of the molecule is CN1c2ccc(Br)cc2C(C(=O)O)C2CCCC21. The molecule has 0 saturated heterocycles. The lowest BCUT2D eigenvalue weighted by molar-refractivity contribution is -0.140. The average Bonchev–Trinajstić information content (AvgIpc) is 2.77. The van der Waals surface area contributed by atoms with Gasteiger partial charge in [-0.25, -0.2) is 0 Å². The summed E-state index contributed by atoms with van der Waals surface area (Å²) in [6.07, 6.45) is 3.27. The molecule has 0 spiro atoms. The quantitative estimate of drug-likeness (QED) is 0.866. The van der Waals surface area contributed by atoms with Crippen LogP contribution in [0.4, 0.5) is 5.69 Å². The van der Waals surface area contributed by atoms with E-state index in [-0.39, 0.29) is 11.8 Å². The molecule has 18 heavy (non-hydrogen) atoms. The third kappa shape index (κ3) is 1.66. The van der Waals surface area contributed by atoms with Crippen molar-refractivity contribution in [1.82, 2.24) is 0 Å². The number of aliphatic carboxylic acids is 1. The van der Waals surface area contributed by atoms with Crippen molar-refractivity contribution in [3.8, 4) is 0 Å². The summed E-state index contributed by atoms with van der Waals surface area (Å²) in [5.74, 6) is -0.769. The van der Waals surface area contributed by atoms with Gasteiger partial charge in [0.15, 0.2) is 0 Å². The highest BCUT2D eigenvalue weighted by atomic mass is 79.9. The van der Waals surface area contributed by atoms with Crippen molar-refractivity contribution in [2.75, 3.05) is 11.9 Å². The van der Waals surface area contributed by atoms with Gasteiger partial charge in [-0.2, -0.15) is 0 Å². The van der Waals surface area contributed by atoms with Gasteiger partial charge in [-0.1, -0.05) is 22.4 Å². The Morgan fingerprint density at radius 1 is 1.44 bits per heavy atom. The molecule has 1 aliphatic heterocycles. The van der Waals surface area contributed by atoms with Crippen LogP contribution in [0.2, 0.25) is 0 Å². The first-order valence-electron chi connectivity index (χ1n) is 6.34. The van der Waals surface area contributed by atoms with Crippen LogP contribution < -0.4 is 4.90 Å². The topological polar surface area (TPSA) is 40.5 Å². The Balaban J connectivity index is 2.16. The fourth-order valence-electron chi connectivity index (χ4n) is 3.66. The Morgan fingerprint density at radius 2 is 2.22 bits per heavy atom. The van der Waals surface area contributed by atoms with E-state index in [4.69, 9.17) is 0 Å². The van der Waals surface area contributed by atoms with Crippen molar-refractivity contribution in [1.29, 1.82) is 0 Å². The lowest BCUT2D eigenvalue weighted by Gasteiger charge is -2.41. The molecule has 3 rings (SSSR count). The second kappa shape index (κ2) is 4.26. The number of fused-ring (bicyclic) bond motifs is 2. The number of carboxylic acids is 1. The van der Waals surface area contributed by atoms with Crippen LogP contribution in [0.15, 0.2) is 22.7 Å². The van der Waals surface area contributed by atoms with E-state index in [1.165, 1.54) is 0 Å². The Labute approximate surface area is 115 Å². The van der Waals surface area contributed by atoms with E-state index < -0.39 is 5.97 Å². The van der Waals surface area contributed by atoms with Crippen LogP contribution in [-0.4, -0.2) is 24.2 Å². The second-order valence-corrected chi connectivity index (χ2v) is 6.21. The molecular weight excluding hydrogens is 294 g/mol. The van der Waals surface area contributed by atoms with Crippen LogP contribution >= 0.6 is 15.9 Å². The smallest absolute Gasteiger partial charge is 0.311 e. The molecule has 0 bridgehead atoms. The van der Waals surface area contributed by atoms with E-state index in [1.807, 2.05) is 18.2 Å². The summed E-state index contributed by atoms with van der Waals surface area (Å²) in [5.41, 5.74) is 2.04. The van der Waals surface area contributed by atoms with Crippen LogP contribution in [0.5, 0.6) is 0 Å². The number of hydrogen-bond acceptors (Lipinski definition) is 2. The molecule has 1 aromatic rings. The molecule has 0 aromatic heterocycles.